The summed E-state index contributed by atoms with van der Waals surface area (Å²) in [7, 11) is 8.71. The Morgan fingerprint density at radius 1 is 1.32 bits per heavy atom. The number of hydrogen-bond donors (Lipinski definition) is 2. The highest BCUT2D eigenvalue weighted by Crippen LogP contribution is 2.44. The molecule has 11 heteroatoms. The van der Waals surface area contributed by atoms with Gasteiger partial charge in [-0.15, -0.1) is 0 Å². The fourth-order valence-electron chi connectivity index (χ4n) is 3.74. The first-order chi connectivity index (χ1) is 14.9. The van der Waals surface area contributed by atoms with Gasteiger partial charge in [-0.2, -0.15) is 10.2 Å². The molecule has 4 aromatic rings. The van der Waals surface area contributed by atoms with Crippen LogP contribution >= 0.6 is 11.6 Å². The first-order valence-corrected chi connectivity index (χ1v) is 9.88. The van der Waals surface area contributed by atoms with Crippen LogP contribution < -0.4 is 4.74 Å². The molecule has 0 saturated heterocycles. The van der Waals surface area contributed by atoms with Crippen LogP contribution in [0.5, 0.6) is 5.75 Å². The second-order valence-corrected chi connectivity index (χ2v) is 7.78. The second kappa shape index (κ2) is 8.29. The van der Waals surface area contributed by atoms with Gasteiger partial charge >= 0.3 is 0 Å². The Bertz CT molecular complexity index is 1220. The topological polar surface area (TPSA) is 96.9 Å². The Hall–Kier alpha value is -2.95. The van der Waals surface area contributed by atoms with Crippen molar-refractivity contribution in [2.24, 2.45) is 7.05 Å². The van der Waals surface area contributed by atoms with Gasteiger partial charge in [0.05, 0.1) is 24.5 Å². The van der Waals surface area contributed by atoms with Crippen LogP contribution in [0, 0.1) is 5.82 Å². The van der Waals surface area contributed by atoms with Gasteiger partial charge in [-0.3, -0.25) is 10.2 Å². The molecule has 3 aromatic heterocycles. The molecule has 0 saturated carbocycles. The summed E-state index contributed by atoms with van der Waals surface area (Å²) < 4.78 is 27.8. The molecule has 9 nitrogen and oxygen atoms in total. The molecule has 0 aliphatic heterocycles. The monoisotopic (exact) mass is 447 g/mol. The van der Waals surface area contributed by atoms with Crippen molar-refractivity contribution in [2.45, 2.75) is 6.10 Å². The summed E-state index contributed by atoms with van der Waals surface area (Å²) in [6.45, 7) is 0.621. The van der Waals surface area contributed by atoms with Gasteiger partial charge < -0.3 is 18.9 Å². The summed E-state index contributed by atoms with van der Waals surface area (Å²) in [5, 5.41) is 14.8. The quantitative estimate of drug-likeness (QED) is 0.450. The number of H-pyrrole nitrogens is 2. The van der Waals surface area contributed by atoms with Gasteiger partial charge in [0.15, 0.2) is 17.5 Å². The molecule has 1 atom stereocenters. The third-order valence-corrected chi connectivity index (χ3v) is 5.52. The van der Waals surface area contributed by atoms with E-state index in [1.165, 1.54) is 7.11 Å². The van der Waals surface area contributed by atoms with E-state index in [1.807, 2.05) is 19.0 Å². The maximum absolute atomic E-state index is 15.3. The van der Waals surface area contributed by atoms with Crippen molar-refractivity contribution in [3.8, 4) is 28.4 Å². The van der Waals surface area contributed by atoms with Gasteiger partial charge in [0.25, 0.3) is 0 Å². The number of fused-ring (bicyclic) bond motifs is 1. The molecule has 0 bridgehead atoms. The first kappa shape index (κ1) is 21.3. The molecule has 2 N–H and O–H groups in total. The lowest BCUT2D eigenvalue weighted by Crippen LogP contribution is -2.22. The minimum absolute atomic E-state index is 0.0815. The van der Waals surface area contributed by atoms with Crippen LogP contribution in [-0.2, 0) is 11.8 Å². The number of nitrogens with one attached hydrogen (secondary N) is 2. The van der Waals surface area contributed by atoms with Gasteiger partial charge in [0.1, 0.15) is 16.9 Å². The van der Waals surface area contributed by atoms with E-state index in [1.54, 1.807) is 37.2 Å². The van der Waals surface area contributed by atoms with Gasteiger partial charge in [0.2, 0.25) is 0 Å². The summed E-state index contributed by atoms with van der Waals surface area (Å²) in [6, 6.07) is 1.71. The van der Waals surface area contributed by atoms with Crippen LogP contribution in [0.15, 0.2) is 18.5 Å². The van der Waals surface area contributed by atoms with Gasteiger partial charge in [0, 0.05) is 43.4 Å². The molecule has 0 unspecified atom stereocenters. The molecule has 4 rings (SSSR count). The number of hydrogen-bond acceptors (Lipinski definition) is 6. The predicted molar refractivity (Wildman–Crippen MR) is 116 cm³/mol. The van der Waals surface area contributed by atoms with Crippen molar-refractivity contribution in [3.05, 3.63) is 35.1 Å². The van der Waals surface area contributed by atoms with Crippen LogP contribution in [0.3, 0.4) is 0 Å². The fourth-order valence-corrected chi connectivity index (χ4v) is 3.96. The van der Waals surface area contributed by atoms with E-state index < -0.39 is 5.82 Å². The van der Waals surface area contributed by atoms with Crippen molar-refractivity contribution in [1.82, 2.24) is 34.8 Å². The summed E-state index contributed by atoms with van der Waals surface area (Å²) >= 11 is 6.20. The zero-order valence-corrected chi connectivity index (χ0v) is 18.6. The van der Waals surface area contributed by atoms with Crippen LogP contribution in [0.1, 0.15) is 11.9 Å². The number of likely N-dealkylation sites (N-methyl/N-ethyl adjacent to an activating group) is 1. The molecule has 3 heterocycles. The van der Waals surface area contributed by atoms with Crippen molar-refractivity contribution in [2.75, 3.05) is 34.9 Å². The minimum Gasteiger partial charge on any atom is -0.495 e. The fraction of sp³-hybridized carbons (Fsp3) is 0.350. The molecule has 0 radical (unpaired) electrons. The van der Waals surface area contributed by atoms with E-state index in [0.29, 0.717) is 40.4 Å². The van der Waals surface area contributed by atoms with E-state index in [2.05, 4.69) is 25.4 Å². The normalized spacial score (nSPS) is 12.8. The lowest BCUT2D eigenvalue weighted by molar-refractivity contribution is 0.0719. The number of halogens is 2. The average molecular weight is 448 g/mol. The molecule has 31 heavy (non-hydrogen) atoms. The Kier molecular flexibility index (Phi) is 5.69. The Balaban J connectivity index is 1.98. The largest absolute Gasteiger partial charge is 0.495 e. The van der Waals surface area contributed by atoms with Crippen LogP contribution in [0.2, 0.25) is 5.02 Å². The average Bonchev–Trinajstić information content (AvgIpc) is 3.47. The molecule has 0 amide bonds. The van der Waals surface area contributed by atoms with Crippen molar-refractivity contribution in [3.63, 3.8) is 0 Å². The number of rotatable bonds is 7. The second-order valence-electron chi connectivity index (χ2n) is 7.40. The van der Waals surface area contributed by atoms with E-state index in [-0.39, 0.29) is 16.9 Å². The maximum Gasteiger partial charge on any atom is 0.198 e. The SMILES string of the molecule is COc1cc2c(-c3cn[nH]c3)c(-c3n[nH]c([C@@H](CN(C)C)OC)n3)n(C)c2c(F)c1Cl. The highest BCUT2D eigenvalue weighted by Gasteiger charge is 2.27. The number of aryl methyl sites for hydroxylation is 1. The molecule has 1 aromatic carbocycles. The number of aromatic amines is 2. The lowest BCUT2D eigenvalue weighted by Gasteiger charge is -2.16. The molecule has 164 valence electrons. The highest BCUT2D eigenvalue weighted by atomic mass is 35.5. The summed E-state index contributed by atoms with van der Waals surface area (Å²) in [4.78, 5) is 6.66. The van der Waals surface area contributed by atoms with E-state index in [9.17, 15) is 0 Å². The number of benzene rings is 1. The third kappa shape index (κ3) is 3.56. The number of methoxy groups -OCH3 is 2. The van der Waals surface area contributed by atoms with Crippen molar-refractivity contribution < 1.29 is 13.9 Å². The molecular weight excluding hydrogens is 425 g/mol. The number of nitrogens with zero attached hydrogens (tertiary/aromatic N) is 5. The number of ether oxygens (including phenoxy) is 2. The smallest absolute Gasteiger partial charge is 0.198 e. The molecule has 0 aliphatic carbocycles. The predicted octanol–water partition coefficient (Wildman–Crippen LogP) is 3.40. The summed E-state index contributed by atoms with van der Waals surface area (Å²) in [5.41, 5.74) is 2.40. The van der Waals surface area contributed by atoms with Crippen molar-refractivity contribution in [1.29, 1.82) is 0 Å². The van der Waals surface area contributed by atoms with E-state index in [4.69, 9.17) is 21.1 Å². The molecule has 0 aliphatic rings. The number of aromatic nitrogens is 6. The van der Waals surface area contributed by atoms with E-state index >= 15 is 4.39 Å². The van der Waals surface area contributed by atoms with E-state index in [0.717, 1.165) is 5.56 Å². The minimum atomic E-state index is -0.576. The lowest BCUT2D eigenvalue weighted by atomic mass is 10.0. The third-order valence-electron chi connectivity index (χ3n) is 5.17. The maximum atomic E-state index is 15.3. The van der Waals surface area contributed by atoms with Crippen LogP contribution in [-0.4, -0.2) is 69.7 Å². The zero-order valence-electron chi connectivity index (χ0n) is 17.8. The molecule has 0 fully saturated rings. The van der Waals surface area contributed by atoms with Gasteiger partial charge in [-0.25, -0.2) is 9.37 Å². The first-order valence-electron chi connectivity index (χ1n) is 9.51. The Labute approximate surface area is 183 Å². The standard InChI is InChI=1S/C20H23ClFN7O2/c1-28(2)9-13(31-5)19-25-20(27-26-19)18-14(10-7-23-24-8-10)11-6-12(30-4)15(21)16(22)17(11)29(18)3/h6-8,13H,9H2,1-5H3,(H,23,24)(H,25,26,27)/t13-/m1/s1. The van der Waals surface area contributed by atoms with Crippen molar-refractivity contribution >= 4 is 22.5 Å². The zero-order chi connectivity index (χ0) is 22.3. The molecule has 0 spiro atoms. The van der Waals surface area contributed by atoms with Gasteiger partial charge in [-0.1, -0.05) is 11.6 Å². The highest BCUT2D eigenvalue weighted by molar-refractivity contribution is 6.33. The van der Waals surface area contributed by atoms with Crippen LogP contribution in [0.25, 0.3) is 33.5 Å². The summed E-state index contributed by atoms with van der Waals surface area (Å²) in [6.07, 6.45) is 3.10. The summed E-state index contributed by atoms with van der Waals surface area (Å²) in [5.74, 6) is 0.646. The molecular formula is C20H23ClFN7O2. The Morgan fingerprint density at radius 2 is 2.10 bits per heavy atom. The van der Waals surface area contributed by atoms with Gasteiger partial charge in [-0.05, 0) is 20.2 Å². The van der Waals surface area contributed by atoms with Crippen LogP contribution in [0.4, 0.5) is 4.39 Å². The Morgan fingerprint density at radius 3 is 2.71 bits per heavy atom.